The zero-order valence-corrected chi connectivity index (χ0v) is 12.1. The van der Waals surface area contributed by atoms with Gasteiger partial charge in [-0.05, 0) is 38.0 Å². The molecule has 0 aromatic heterocycles. The minimum absolute atomic E-state index is 0.00456. The summed E-state index contributed by atoms with van der Waals surface area (Å²) in [5, 5.41) is 12.6. The number of carbonyl (C=O) groups is 1. The van der Waals surface area contributed by atoms with Crippen molar-refractivity contribution in [3.63, 3.8) is 0 Å². The molecule has 19 heavy (non-hydrogen) atoms. The lowest BCUT2D eigenvalue weighted by Gasteiger charge is -2.32. The SMILES string of the molecule is CCC(NC(=O)C1(C#N)CCCC1)C1CCCCC1. The first-order valence-electron chi connectivity index (χ1n) is 7.94. The lowest BCUT2D eigenvalue weighted by molar-refractivity contribution is -0.129. The fourth-order valence-corrected chi connectivity index (χ4v) is 3.76. The van der Waals surface area contributed by atoms with Gasteiger partial charge in [0.1, 0.15) is 5.41 Å². The zero-order chi connectivity index (χ0) is 13.7. The summed E-state index contributed by atoms with van der Waals surface area (Å²) in [5.41, 5.74) is -0.720. The molecule has 0 aromatic carbocycles. The molecule has 0 saturated heterocycles. The Labute approximate surface area is 116 Å². The van der Waals surface area contributed by atoms with Crippen molar-refractivity contribution in [2.45, 2.75) is 77.2 Å². The van der Waals surface area contributed by atoms with Crippen LogP contribution < -0.4 is 5.32 Å². The molecule has 0 bridgehead atoms. The van der Waals surface area contributed by atoms with Crippen LogP contribution in [0.1, 0.15) is 71.1 Å². The molecule has 1 amide bonds. The van der Waals surface area contributed by atoms with Crippen LogP contribution in [0.2, 0.25) is 0 Å². The molecule has 3 nitrogen and oxygen atoms in total. The molecule has 1 atom stereocenters. The lowest BCUT2D eigenvalue weighted by atomic mass is 9.81. The molecule has 1 N–H and O–H groups in total. The number of nitrogens with one attached hydrogen (secondary N) is 1. The van der Waals surface area contributed by atoms with Gasteiger partial charge in [-0.25, -0.2) is 0 Å². The van der Waals surface area contributed by atoms with Gasteiger partial charge in [0, 0.05) is 6.04 Å². The second kappa shape index (κ2) is 6.41. The molecule has 3 heteroatoms. The van der Waals surface area contributed by atoms with Crippen LogP contribution in [0.25, 0.3) is 0 Å². The molecule has 2 rings (SSSR count). The molecule has 2 saturated carbocycles. The average molecular weight is 262 g/mol. The topological polar surface area (TPSA) is 52.9 Å². The number of rotatable bonds is 4. The van der Waals surface area contributed by atoms with E-state index in [1.807, 2.05) is 0 Å². The van der Waals surface area contributed by atoms with E-state index in [4.69, 9.17) is 0 Å². The maximum absolute atomic E-state index is 12.5. The van der Waals surface area contributed by atoms with Crippen molar-refractivity contribution >= 4 is 5.91 Å². The average Bonchev–Trinajstić information content (AvgIpc) is 2.95. The van der Waals surface area contributed by atoms with Crippen LogP contribution in [0.5, 0.6) is 0 Å². The van der Waals surface area contributed by atoms with Crippen molar-refractivity contribution in [1.29, 1.82) is 5.26 Å². The molecule has 106 valence electrons. The minimum Gasteiger partial charge on any atom is -0.352 e. The molecule has 0 aliphatic heterocycles. The van der Waals surface area contributed by atoms with Crippen LogP contribution in [0.15, 0.2) is 0 Å². The molecule has 2 aliphatic carbocycles. The van der Waals surface area contributed by atoms with Crippen LogP contribution in [-0.2, 0) is 4.79 Å². The highest BCUT2D eigenvalue weighted by molar-refractivity contribution is 5.86. The fourth-order valence-electron chi connectivity index (χ4n) is 3.76. The van der Waals surface area contributed by atoms with Crippen molar-refractivity contribution in [2.24, 2.45) is 11.3 Å². The number of amides is 1. The molecule has 1 unspecified atom stereocenters. The molecule has 2 aliphatic rings. The first-order chi connectivity index (χ1) is 9.22. The summed E-state index contributed by atoms with van der Waals surface area (Å²) in [6.45, 7) is 2.15. The monoisotopic (exact) mass is 262 g/mol. The van der Waals surface area contributed by atoms with Gasteiger partial charge in [-0.1, -0.05) is 39.0 Å². The smallest absolute Gasteiger partial charge is 0.240 e. The Morgan fingerprint density at radius 1 is 1.26 bits per heavy atom. The van der Waals surface area contributed by atoms with E-state index in [0.29, 0.717) is 5.92 Å². The summed E-state index contributed by atoms with van der Waals surface area (Å²) in [6, 6.07) is 2.57. The Hall–Kier alpha value is -1.04. The molecule has 2 fully saturated rings. The summed E-state index contributed by atoms with van der Waals surface area (Å²) in [7, 11) is 0. The molecular weight excluding hydrogens is 236 g/mol. The Balaban J connectivity index is 1.97. The van der Waals surface area contributed by atoms with E-state index >= 15 is 0 Å². The lowest BCUT2D eigenvalue weighted by Crippen LogP contribution is -2.47. The largest absolute Gasteiger partial charge is 0.352 e. The maximum atomic E-state index is 12.5. The summed E-state index contributed by atoms with van der Waals surface area (Å²) >= 11 is 0. The number of nitrogens with zero attached hydrogens (tertiary/aromatic N) is 1. The fraction of sp³-hybridized carbons (Fsp3) is 0.875. The first-order valence-corrected chi connectivity index (χ1v) is 7.94. The Kier molecular flexibility index (Phi) is 4.85. The number of nitriles is 1. The molecule has 0 heterocycles. The quantitative estimate of drug-likeness (QED) is 0.842. The van der Waals surface area contributed by atoms with Crippen molar-refractivity contribution in [2.75, 3.05) is 0 Å². The zero-order valence-electron chi connectivity index (χ0n) is 12.1. The third-order valence-corrected chi connectivity index (χ3v) is 5.08. The van der Waals surface area contributed by atoms with Gasteiger partial charge in [0.25, 0.3) is 0 Å². The Bertz CT molecular complexity index is 346. The van der Waals surface area contributed by atoms with Gasteiger partial charge in [-0.2, -0.15) is 5.26 Å². The van der Waals surface area contributed by atoms with E-state index in [9.17, 15) is 10.1 Å². The van der Waals surface area contributed by atoms with Gasteiger partial charge in [0.05, 0.1) is 6.07 Å². The van der Waals surface area contributed by atoms with E-state index in [0.717, 1.165) is 32.1 Å². The first kappa shape index (κ1) is 14.4. The maximum Gasteiger partial charge on any atom is 0.240 e. The predicted octanol–water partition coefficient (Wildman–Crippen LogP) is 3.55. The van der Waals surface area contributed by atoms with Crippen LogP contribution in [0.3, 0.4) is 0 Å². The van der Waals surface area contributed by atoms with Crippen LogP contribution in [-0.4, -0.2) is 11.9 Å². The minimum atomic E-state index is -0.720. The summed E-state index contributed by atoms with van der Waals surface area (Å²) < 4.78 is 0. The van der Waals surface area contributed by atoms with Gasteiger partial charge < -0.3 is 5.32 Å². The number of carbonyl (C=O) groups excluding carboxylic acids is 1. The molecular formula is C16H26N2O. The third kappa shape index (κ3) is 3.11. The Morgan fingerprint density at radius 3 is 2.42 bits per heavy atom. The molecule has 0 aromatic rings. The normalized spacial score (nSPS) is 24.6. The molecule has 0 radical (unpaired) electrons. The van der Waals surface area contributed by atoms with E-state index < -0.39 is 5.41 Å². The second-order valence-electron chi connectivity index (χ2n) is 6.29. The van der Waals surface area contributed by atoms with Gasteiger partial charge in [-0.3, -0.25) is 4.79 Å². The highest BCUT2D eigenvalue weighted by atomic mass is 16.2. The summed E-state index contributed by atoms with van der Waals surface area (Å²) in [4.78, 5) is 12.5. The predicted molar refractivity (Wildman–Crippen MR) is 75.3 cm³/mol. The summed E-state index contributed by atoms with van der Waals surface area (Å²) in [6.07, 6.45) is 10.9. The number of hydrogen-bond acceptors (Lipinski definition) is 2. The van der Waals surface area contributed by atoms with Crippen LogP contribution in [0, 0.1) is 22.7 Å². The van der Waals surface area contributed by atoms with Gasteiger partial charge in [0.15, 0.2) is 0 Å². The van der Waals surface area contributed by atoms with Gasteiger partial charge in [0.2, 0.25) is 5.91 Å². The third-order valence-electron chi connectivity index (χ3n) is 5.08. The number of hydrogen-bond donors (Lipinski definition) is 1. The van der Waals surface area contributed by atoms with E-state index in [1.54, 1.807) is 0 Å². The van der Waals surface area contributed by atoms with Crippen molar-refractivity contribution in [3.05, 3.63) is 0 Å². The molecule has 0 spiro atoms. The van der Waals surface area contributed by atoms with Crippen molar-refractivity contribution in [1.82, 2.24) is 5.32 Å². The second-order valence-corrected chi connectivity index (χ2v) is 6.29. The van der Waals surface area contributed by atoms with Gasteiger partial charge in [-0.15, -0.1) is 0 Å². The highest BCUT2D eigenvalue weighted by Crippen LogP contribution is 2.38. The van der Waals surface area contributed by atoms with Crippen molar-refractivity contribution < 1.29 is 4.79 Å². The van der Waals surface area contributed by atoms with E-state index in [2.05, 4.69) is 18.3 Å². The Morgan fingerprint density at radius 2 is 1.89 bits per heavy atom. The van der Waals surface area contributed by atoms with Crippen LogP contribution in [0.4, 0.5) is 0 Å². The highest BCUT2D eigenvalue weighted by Gasteiger charge is 2.42. The van der Waals surface area contributed by atoms with Crippen LogP contribution >= 0.6 is 0 Å². The summed E-state index contributed by atoms with van der Waals surface area (Å²) in [5.74, 6) is 0.629. The van der Waals surface area contributed by atoms with E-state index in [-0.39, 0.29) is 11.9 Å². The van der Waals surface area contributed by atoms with Gasteiger partial charge >= 0.3 is 0 Å². The van der Waals surface area contributed by atoms with Crippen molar-refractivity contribution in [3.8, 4) is 6.07 Å². The standard InChI is InChI=1S/C16H26N2O/c1-2-14(13-8-4-3-5-9-13)18-15(19)16(12-17)10-6-7-11-16/h13-14H,2-11H2,1H3,(H,18,19). The van der Waals surface area contributed by atoms with E-state index in [1.165, 1.54) is 32.1 Å².